The maximum absolute atomic E-state index is 12.2. The summed E-state index contributed by atoms with van der Waals surface area (Å²) in [5.74, 6) is 0.602. The number of hydrogen-bond donors (Lipinski definition) is 0. The van der Waals surface area contributed by atoms with Crippen LogP contribution in [-0.2, 0) is 6.42 Å². The molecule has 4 heteroatoms. The summed E-state index contributed by atoms with van der Waals surface area (Å²) in [7, 11) is 1.56. The van der Waals surface area contributed by atoms with Crippen LogP contribution < -0.4 is 4.74 Å². The molecule has 0 aliphatic carbocycles. The molecular weight excluding hydrogens is 283 g/mol. The number of halogens is 2. The molecule has 0 aliphatic heterocycles. The van der Waals surface area contributed by atoms with Crippen molar-refractivity contribution in [2.45, 2.75) is 6.42 Å². The monoisotopic (exact) mass is 294 g/mol. The zero-order valence-corrected chi connectivity index (χ0v) is 11.8. The number of hydrogen-bond acceptors (Lipinski definition) is 2. The van der Waals surface area contributed by atoms with Gasteiger partial charge in [-0.05, 0) is 29.8 Å². The van der Waals surface area contributed by atoms with Gasteiger partial charge in [0.1, 0.15) is 5.75 Å². The molecule has 0 bridgehead atoms. The molecule has 0 amide bonds. The average Bonchev–Trinajstić information content (AvgIpc) is 2.43. The van der Waals surface area contributed by atoms with Crippen LogP contribution in [-0.4, -0.2) is 12.9 Å². The van der Waals surface area contributed by atoms with Crippen LogP contribution in [0, 0.1) is 0 Å². The smallest absolute Gasteiger partial charge is 0.167 e. The second-order valence-corrected chi connectivity index (χ2v) is 4.85. The van der Waals surface area contributed by atoms with Gasteiger partial charge in [0.15, 0.2) is 5.78 Å². The molecule has 0 heterocycles. The lowest BCUT2D eigenvalue weighted by atomic mass is 10.0. The molecule has 19 heavy (non-hydrogen) atoms. The predicted octanol–water partition coefficient (Wildman–Crippen LogP) is 4.43. The van der Waals surface area contributed by atoms with Gasteiger partial charge in [-0.1, -0.05) is 41.4 Å². The molecule has 0 atom stereocenters. The first-order chi connectivity index (χ1) is 9.11. The highest BCUT2D eigenvalue weighted by atomic mass is 35.5. The van der Waals surface area contributed by atoms with Crippen LogP contribution in [0.25, 0.3) is 0 Å². The van der Waals surface area contributed by atoms with Crippen LogP contribution >= 0.6 is 23.2 Å². The van der Waals surface area contributed by atoms with E-state index in [1.54, 1.807) is 49.6 Å². The van der Waals surface area contributed by atoms with Gasteiger partial charge in [0.25, 0.3) is 0 Å². The summed E-state index contributed by atoms with van der Waals surface area (Å²) < 4.78 is 5.10. The van der Waals surface area contributed by atoms with Gasteiger partial charge >= 0.3 is 0 Å². The molecule has 0 N–H and O–H groups in total. The van der Waals surface area contributed by atoms with Crippen LogP contribution in [0.2, 0.25) is 10.0 Å². The summed E-state index contributed by atoms with van der Waals surface area (Å²) in [6.45, 7) is 0. The Labute approximate surface area is 121 Å². The van der Waals surface area contributed by atoms with Crippen molar-refractivity contribution in [3.63, 3.8) is 0 Å². The molecule has 0 saturated carbocycles. The van der Waals surface area contributed by atoms with Gasteiger partial charge in [-0.25, -0.2) is 0 Å². The molecule has 2 nitrogen and oxygen atoms in total. The van der Waals surface area contributed by atoms with Crippen molar-refractivity contribution in [2.75, 3.05) is 7.11 Å². The van der Waals surface area contributed by atoms with E-state index in [1.807, 2.05) is 0 Å². The van der Waals surface area contributed by atoms with Crippen molar-refractivity contribution in [3.05, 3.63) is 63.6 Å². The highest BCUT2D eigenvalue weighted by Crippen LogP contribution is 2.26. The minimum atomic E-state index is -0.0473. The molecule has 98 valence electrons. The van der Waals surface area contributed by atoms with Crippen molar-refractivity contribution in [1.29, 1.82) is 0 Å². The zero-order chi connectivity index (χ0) is 13.8. The van der Waals surface area contributed by atoms with Gasteiger partial charge in [-0.15, -0.1) is 0 Å². The van der Waals surface area contributed by atoms with Crippen LogP contribution in [0.4, 0.5) is 0 Å². The number of ether oxygens (including phenoxy) is 1. The Morgan fingerprint density at radius 1 is 1.11 bits per heavy atom. The number of Topliss-reactive ketones (excluding diaryl/α,β-unsaturated/α-hetero) is 1. The van der Waals surface area contributed by atoms with E-state index in [-0.39, 0.29) is 12.2 Å². The van der Waals surface area contributed by atoms with E-state index < -0.39 is 0 Å². The molecule has 0 radical (unpaired) electrons. The third kappa shape index (κ3) is 3.28. The second-order valence-electron chi connectivity index (χ2n) is 4.03. The average molecular weight is 295 g/mol. The summed E-state index contributed by atoms with van der Waals surface area (Å²) in [4.78, 5) is 12.2. The number of carbonyl (C=O) groups excluding carboxylic acids is 1. The van der Waals surface area contributed by atoms with Crippen molar-refractivity contribution in [1.82, 2.24) is 0 Å². The normalized spacial score (nSPS) is 10.3. The number of ketones is 1. The van der Waals surface area contributed by atoms with Gasteiger partial charge < -0.3 is 4.74 Å². The van der Waals surface area contributed by atoms with Gasteiger partial charge in [-0.2, -0.15) is 0 Å². The number of methoxy groups -OCH3 is 1. The highest BCUT2D eigenvalue weighted by Gasteiger charge is 2.13. The van der Waals surface area contributed by atoms with E-state index >= 15 is 0 Å². The van der Waals surface area contributed by atoms with Gasteiger partial charge in [0, 0.05) is 22.0 Å². The lowest BCUT2D eigenvalue weighted by Gasteiger charge is -2.07. The van der Waals surface area contributed by atoms with Crippen molar-refractivity contribution >= 4 is 29.0 Å². The van der Waals surface area contributed by atoms with Gasteiger partial charge in [-0.3, -0.25) is 4.79 Å². The van der Waals surface area contributed by atoms with E-state index in [0.29, 0.717) is 26.9 Å². The standard InChI is InChI=1S/C15H12Cl2O2/c1-19-11-5-2-4-10(8-11)15(18)9-12-13(16)6-3-7-14(12)17/h2-8H,9H2,1H3. The summed E-state index contributed by atoms with van der Waals surface area (Å²) in [6.07, 6.45) is 0.172. The Kier molecular flexibility index (Phi) is 4.46. The number of carbonyl (C=O) groups is 1. The van der Waals surface area contributed by atoms with Crippen LogP contribution in [0.1, 0.15) is 15.9 Å². The summed E-state index contributed by atoms with van der Waals surface area (Å²) in [5, 5.41) is 1.01. The maximum Gasteiger partial charge on any atom is 0.167 e. The quantitative estimate of drug-likeness (QED) is 0.780. The Morgan fingerprint density at radius 3 is 2.37 bits per heavy atom. The molecule has 2 rings (SSSR count). The first-order valence-electron chi connectivity index (χ1n) is 5.72. The van der Waals surface area contributed by atoms with Crippen molar-refractivity contribution < 1.29 is 9.53 Å². The van der Waals surface area contributed by atoms with E-state index in [1.165, 1.54) is 0 Å². The fourth-order valence-electron chi connectivity index (χ4n) is 1.76. The molecule has 0 unspecified atom stereocenters. The molecule has 0 fully saturated rings. The number of benzene rings is 2. The van der Waals surface area contributed by atoms with Crippen molar-refractivity contribution in [2.24, 2.45) is 0 Å². The lowest BCUT2D eigenvalue weighted by molar-refractivity contribution is 0.0992. The van der Waals surface area contributed by atoms with E-state index in [0.717, 1.165) is 0 Å². The minimum Gasteiger partial charge on any atom is -0.497 e. The Bertz CT molecular complexity index is 589. The number of rotatable bonds is 4. The van der Waals surface area contributed by atoms with Gasteiger partial charge in [0.2, 0.25) is 0 Å². The summed E-state index contributed by atoms with van der Waals surface area (Å²) in [6, 6.07) is 12.2. The lowest BCUT2D eigenvalue weighted by Crippen LogP contribution is -2.04. The molecule has 2 aromatic rings. The summed E-state index contributed by atoms with van der Waals surface area (Å²) in [5.41, 5.74) is 1.23. The van der Waals surface area contributed by atoms with E-state index in [4.69, 9.17) is 27.9 Å². The largest absolute Gasteiger partial charge is 0.497 e. The molecular formula is C15H12Cl2O2. The Morgan fingerprint density at radius 2 is 1.74 bits per heavy atom. The fraction of sp³-hybridized carbons (Fsp3) is 0.133. The zero-order valence-electron chi connectivity index (χ0n) is 10.3. The van der Waals surface area contributed by atoms with Crippen LogP contribution in [0.5, 0.6) is 5.75 Å². The third-order valence-electron chi connectivity index (χ3n) is 2.79. The maximum atomic E-state index is 12.2. The molecule has 0 aliphatic rings. The van der Waals surface area contributed by atoms with Crippen LogP contribution in [0.15, 0.2) is 42.5 Å². The minimum absolute atomic E-state index is 0.0473. The molecule has 0 saturated heterocycles. The van der Waals surface area contributed by atoms with E-state index in [2.05, 4.69) is 0 Å². The summed E-state index contributed by atoms with van der Waals surface area (Å²) >= 11 is 12.1. The topological polar surface area (TPSA) is 26.3 Å². The second kappa shape index (κ2) is 6.09. The van der Waals surface area contributed by atoms with Gasteiger partial charge in [0.05, 0.1) is 7.11 Å². The fourth-order valence-corrected chi connectivity index (χ4v) is 2.29. The highest BCUT2D eigenvalue weighted by molar-refractivity contribution is 6.36. The van der Waals surface area contributed by atoms with E-state index in [9.17, 15) is 4.79 Å². The molecule has 0 aromatic heterocycles. The van der Waals surface area contributed by atoms with Crippen molar-refractivity contribution in [3.8, 4) is 5.75 Å². The SMILES string of the molecule is COc1cccc(C(=O)Cc2c(Cl)cccc2Cl)c1. The Hall–Kier alpha value is -1.51. The molecule has 0 spiro atoms. The first kappa shape index (κ1) is 13.9. The Balaban J connectivity index is 2.25. The third-order valence-corrected chi connectivity index (χ3v) is 3.50. The first-order valence-corrected chi connectivity index (χ1v) is 6.47. The molecule has 2 aromatic carbocycles. The van der Waals surface area contributed by atoms with Crippen LogP contribution in [0.3, 0.4) is 0 Å². The predicted molar refractivity (Wildman–Crippen MR) is 77.5 cm³/mol.